The zero-order valence-corrected chi connectivity index (χ0v) is 11.6. The molecule has 100 valence electrons. The van der Waals surface area contributed by atoms with Gasteiger partial charge in [0.15, 0.2) is 0 Å². The summed E-state index contributed by atoms with van der Waals surface area (Å²) in [6.07, 6.45) is 0. The van der Waals surface area contributed by atoms with Crippen LogP contribution < -0.4 is 15.4 Å². The third kappa shape index (κ3) is 4.38. The van der Waals surface area contributed by atoms with E-state index < -0.39 is 0 Å². The summed E-state index contributed by atoms with van der Waals surface area (Å²) in [4.78, 5) is 0. The van der Waals surface area contributed by atoms with Crippen LogP contribution in [-0.2, 0) is 0 Å². The van der Waals surface area contributed by atoms with Crippen LogP contribution in [0.15, 0.2) is 48.5 Å². The lowest BCUT2D eigenvalue weighted by molar-refractivity contribution is 0.415. The normalized spacial score (nSPS) is 10.0. The molecule has 0 saturated heterocycles. The molecule has 0 radical (unpaired) electrons. The number of hydrogen-bond donors (Lipinski definition) is 2. The van der Waals surface area contributed by atoms with Crippen molar-refractivity contribution < 1.29 is 4.74 Å². The van der Waals surface area contributed by atoms with Gasteiger partial charge in [-0.25, -0.2) is 0 Å². The maximum atomic E-state index is 5.83. The predicted octanol–water partition coefficient (Wildman–Crippen LogP) is 3.87. The van der Waals surface area contributed by atoms with Crippen LogP contribution in [0.4, 0.5) is 11.4 Å². The molecule has 0 atom stereocenters. The lowest BCUT2D eigenvalue weighted by Crippen LogP contribution is -2.13. The molecule has 0 aliphatic rings. The Morgan fingerprint density at radius 2 is 1.63 bits per heavy atom. The van der Waals surface area contributed by atoms with Crippen molar-refractivity contribution in [1.29, 1.82) is 0 Å². The number of hydrogen-bond acceptors (Lipinski definition) is 3. The van der Waals surface area contributed by atoms with E-state index >= 15 is 0 Å². The molecule has 4 heteroatoms. The fourth-order valence-corrected chi connectivity index (χ4v) is 1.84. The summed E-state index contributed by atoms with van der Waals surface area (Å²) in [5.41, 5.74) is 2.12. The summed E-state index contributed by atoms with van der Waals surface area (Å²) >= 11 is 5.83. The third-order valence-electron chi connectivity index (χ3n) is 2.70. The highest BCUT2D eigenvalue weighted by molar-refractivity contribution is 6.30. The van der Waals surface area contributed by atoms with Gasteiger partial charge < -0.3 is 15.4 Å². The van der Waals surface area contributed by atoms with Gasteiger partial charge in [0.2, 0.25) is 0 Å². The van der Waals surface area contributed by atoms with Gasteiger partial charge in [-0.2, -0.15) is 0 Å². The number of methoxy groups -OCH3 is 1. The van der Waals surface area contributed by atoms with Crippen molar-refractivity contribution in [2.75, 3.05) is 30.8 Å². The Kier molecular flexibility index (Phi) is 4.93. The Bertz CT molecular complexity index is 514. The third-order valence-corrected chi connectivity index (χ3v) is 2.95. The Labute approximate surface area is 118 Å². The smallest absolute Gasteiger partial charge is 0.120 e. The van der Waals surface area contributed by atoms with Crippen LogP contribution in [0.1, 0.15) is 0 Å². The molecule has 0 spiro atoms. The molecule has 0 bridgehead atoms. The van der Waals surface area contributed by atoms with Crippen molar-refractivity contribution in [3.8, 4) is 5.75 Å². The summed E-state index contributed by atoms with van der Waals surface area (Å²) in [5, 5.41) is 7.40. The molecule has 0 aliphatic heterocycles. The first-order valence-electron chi connectivity index (χ1n) is 6.15. The summed E-state index contributed by atoms with van der Waals surface area (Å²) in [5.74, 6) is 0.857. The minimum atomic E-state index is 0.750. The van der Waals surface area contributed by atoms with E-state index in [0.29, 0.717) is 0 Å². The molecule has 0 unspecified atom stereocenters. The molecule has 0 heterocycles. The first-order valence-corrected chi connectivity index (χ1v) is 6.53. The zero-order valence-electron chi connectivity index (χ0n) is 10.8. The number of halogens is 1. The van der Waals surface area contributed by atoms with Gasteiger partial charge in [0.05, 0.1) is 7.11 Å². The summed E-state index contributed by atoms with van der Waals surface area (Å²) in [6, 6.07) is 15.6. The van der Waals surface area contributed by atoms with Crippen LogP contribution in [0.3, 0.4) is 0 Å². The second kappa shape index (κ2) is 6.90. The molecular formula is C15H17ClN2O. The molecule has 0 amide bonds. The number of nitrogens with one attached hydrogen (secondary N) is 2. The van der Waals surface area contributed by atoms with E-state index in [0.717, 1.165) is 35.2 Å². The van der Waals surface area contributed by atoms with E-state index in [2.05, 4.69) is 10.6 Å². The molecule has 2 N–H and O–H groups in total. The van der Waals surface area contributed by atoms with E-state index in [9.17, 15) is 0 Å². The Hall–Kier alpha value is -1.87. The number of anilines is 2. The number of ether oxygens (including phenoxy) is 1. The van der Waals surface area contributed by atoms with Crippen LogP contribution in [0.25, 0.3) is 0 Å². The maximum Gasteiger partial charge on any atom is 0.120 e. The van der Waals surface area contributed by atoms with E-state index in [-0.39, 0.29) is 0 Å². The van der Waals surface area contributed by atoms with E-state index in [1.54, 1.807) is 7.11 Å². The summed E-state index contributed by atoms with van der Waals surface area (Å²) in [7, 11) is 1.67. The molecule has 0 fully saturated rings. The standard InChI is InChI=1S/C15H17ClN2O/c1-19-15-4-2-3-14(11-15)18-10-9-17-13-7-5-12(16)6-8-13/h2-8,11,17-18H,9-10H2,1H3. The second-order valence-electron chi connectivity index (χ2n) is 4.09. The van der Waals surface area contributed by atoms with Crippen LogP contribution in [0.5, 0.6) is 5.75 Å². The zero-order chi connectivity index (χ0) is 13.5. The molecule has 0 aliphatic carbocycles. The quantitative estimate of drug-likeness (QED) is 0.786. The maximum absolute atomic E-state index is 5.83. The monoisotopic (exact) mass is 276 g/mol. The number of rotatable bonds is 6. The fourth-order valence-electron chi connectivity index (χ4n) is 1.71. The Morgan fingerprint density at radius 3 is 2.32 bits per heavy atom. The number of benzene rings is 2. The molecule has 2 aromatic carbocycles. The molecule has 2 aromatic rings. The second-order valence-corrected chi connectivity index (χ2v) is 4.53. The fraction of sp³-hybridized carbons (Fsp3) is 0.200. The molecule has 0 aromatic heterocycles. The van der Waals surface area contributed by atoms with Crippen molar-refractivity contribution in [2.24, 2.45) is 0 Å². The minimum Gasteiger partial charge on any atom is -0.497 e. The van der Waals surface area contributed by atoms with Gasteiger partial charge in [-0.3, -0.25) is 0 Å². The minimum absolute atomic E-state index is 0.750. The van der Waals surface area contributed by atoms with Gasteiger partial charge in [0.25, 0.3) is 0 Å². The summed E-state index contributed by atoms with van der Waals surface area (Å²) < 4.78 is 5.17. The van der Waals surface area contributed by atoms with Gasteiger partial charge in [0.1, 0.15) is 5.75 Å². The molecule has 0 saturated carbocycles. The summed E-state index contributed by atoms with van der Waals surface area (Å²) in [6.45, 7) is 1.66. The molecular weight excluding hydrogens is 260 g/mol. The first-order chi connectivity index (χ1) is 9.28. The highest BCUT2D eigenvalue weighted by Gasteiger charge is 1.95. The van der Waals surface area contributed by atoms with Crippen molar-refractivity contribution in [1.82, 2.24) is 0 Å². The van der Waals surface area contributed by atoms with Gasteiger partial charge >= 0.3 is 0 Å². The van der Waals surface area contributed by atoms with E-state index in [1.165, 1.54) is 0 Å². The Morgan fingerprint density at radius 1 is 0.947 bits per heavy atom. The van der Waals surface area contributed by atoms with Crippen molar-refractivity contribution in [2.45, 2.75) is 0 Å². The van der Waals surface area contributed by atoms with Gasteiger partial charge in [-0.1, -0.05) is 17.7 Å². The lowest BCUT2D eigenvalue weighted by atomic mass is 10.3. The van der Waals surface area contributed by atoms with E-state index in [1.807, 2.05) is 48.5 Å². The van der Waals surface area contributed by atoms with Crippen LogP contribution in [-0.4, -0.2) is 20.2 Å². The predicted molar refractivity (Wildman–Crippen MR) is 81.4 cm³/mol. The molecule has 3 nitrogen and oxygen atoms in total. The van der Waals surface area contributed by atoms with Crippen molar-refractivity contribution in [3.05, 3.63) is 53.6 Å². The molecule has 19 heavy (non-hydrogen) atoms. The van der Waals surface area contributed by atoms with Crippen molar-refractivity contribution >= 4 is 23.0 Å². The van der Waals surface area contributed by atoms with Crippen LogP contribution >= 0.6 is 11.6 Å². The SMILES string of the molecule is COc1cccc(NCCNc2ccc(Cl)cc2)c1. The average Bonchev–Trinajstić information content (AvgIpc) is 2.46. The van der Waals surface area contributed by atoms with Crippen LogP contribution in [0, 0.1) is 0 Å². The van der Waals surface area contributed by atoms with Crippen molar-refractivity contribution in [3.63, 3.8) is 0 Å². The van der Waals surface area contributed by atoms with Gasteiger partial charge in [-0.15, -0.1) is 0 Å². The first kappa shape index (κ1) is 13.6. The largest absolute Gasteiger partial charge is 0.497 e. The lowest BCUT2D eigenvalue weighted by Gasteiger charge is -2.10. The van der Waals surface area contributed by atoms with E-state index in [4.69, 9.17) is 16.3 Å². The highest BCUT2D eigenvalue weighted by atomic mass is 35.5. The molecule has 2 rings (SSSR count). The Balaban J connectivity index is 1.75. The highest BCUT2D eigenvalue weighted by Crippen LogP contribution is 2.16. The van der Waals surface area contributed by atoms with Gasteiger partial charge in [0, 0.05) is 35.6 Å². The topological polar surface area (TPSA) is 33.3 Å². The average molecular weight is 277 g/mol. The van der Waals surface area contributed by atoms with Crippen LogP contribution in [0.2, 0.25) is 5.02 Å². The van der Waals surface area contributed by atoms with Gasteiger partial charge in [-0.05, 0) is 36.4 Å².